The van der Waals surface area contributed by atoms with Crippen LogP contribution < -0.4 is 0 Å². The number of hydrogen-bond donors (Lipinski definition) is 1. The van der Waals surface area contributed by atoms with Gasteiger partial charge in [0.25, 0.3) is 0 Å². The number of nitrogens with one attached hydrogen (secondary N) is 1. The average Bonchev–Trinajstić information content (AvgIpc) is 3.10. The number of carbonyl (C=O) groups is 1. The summed E-state index contributed by atoms with van der Waals surface area (Å²) in [6.07, 6.45) is 3.84. The Morgan fingerprint density at radius 2 is 2.21 bits per heavy atom. The Morgan fingerprint density at radius 3 is 3.00 bits per heavy atom. The number of imidazole rings is 1. The fourth-order valence-electron chi connectivity index (χ4n) is 4.40. The molecule has 1 aromatic heterocycles. The van der Waals surface area contributed by atoms with Crippen molar-refractivity contribution in [2.45, 2.75) is 50.9 Å². The monoisotopic (exact) mass is 387 g/mol. The number of nitrogens with zero attached hydrogens (tertiary/aromatic N) is 2. The molecule has 152 valence electrons. The van der Waals surface area contributed by atoms with E-state index in [9.17, 15) is 4.79 Å². The van der Waals surface area contributed by atoms with E-state index in [4.69, 9.17) is 14.2 Å². The van der Waals surface area contributed by atoms with Crippen molar-refractivity contribution in [3.8, 4) is 0 Å². The zero-order valence-electron chi connectivity index (χ0n) is 16.7. The van der Waals surface area contributed by atoms with Gasteiger partial charge in [-0.2, -0.15) is 0 Å². The van der Waals surface area contributed by atoms with E-state index in [1.165, 1.54) is 5.56 Å². The summed E-state index contributed by atoms with van der Waals surface area (Å²) >= 11 is 0. The predicted molar refractivity (Wildman–Crippen MR) is 105 cm³/mol. The minimum Gasteiger partial charge on any atom is -0.378 e. The molecule has 1 spiro atoms. The standard InChI is InChI=1S/C21H29N3O4/c1-15-5-6-16-17(12-15)23-19(22-16)13-27-14-20(25)24-9-7-21(8-10-24)18(26-2)4-3-11-28-21/h5-6,12,18H,3-4,7-11,13-14H2,1-2H3,(H,22,23)/t18-/m0/s1. The van der Waals surface area contributed by atoms with Crippen molar-refractivity contribution in [3.63, 3.8) is 0 Å². The Balaban J connectivity index is 1.26. The summed E-state index contributed by atoms with van der Waals surface area (Å²) in [7, 11) is 1.76. The molecule has 0 bridgehead atoms. The van der Waals surface area contributed by atoms with Gasteiger partial charge in [-0.3, -0.25) is 4.79 Å². The number of aromatic amines is 1. The maximum atomic E-state index is 12.5. The zero-order chi connectivity index (χ0) is 19.6. The lowest BCUT2D eigenvalue weighted by atomic mass is 9.82. The number of hydrogen-bond acceptors (Lipinski definition) is 5. The third kappa shape index (κ3) is 3.92. The highest BCUT2D eigenvalue weighted by Gasteiger charge is 2.45. The summed E-state index contributed by atoms with van der Waals surface area (Å²) in [6.45, 7) is 4.57. The molecule has 2 aromatic rings. The first kappa shape index (κ1) is 19.4. The Hall–Kier alpha value is -1.96. The first-order valence-electron chi connectivity index (χ1n) is 10.1. The second-order valence-electron chi connectivity index (χ2n) is 7.86. The third-order valence-electron chi connectivity index (χ3n) is 5.98. The van der Waals surface area contributed by atoms with E-state index < -0.39 is 0 Å². The normalized spacial score (nSPS) is 22.1. The molecule has 1 aromatic carbocycles. The molecule has 3 heterocycles. The molecule has 0 saturated carbocycles. The maximum Gasteiger partial charge on any atom is 0.248 e. The topological polar surface area (TPSA) is 76.7 Å². The molecule has 7 nitrogen and oxygen atoms in total. The van der Waals surface area contributed by atoms with Crippen molar-refractivity contribution < 1.29 is 19.0 Å². The van der Waals surface area contributed by atoms with E-state index in [0.29, 0.717) is 19.7 Å². The zero-order valence-corrected chi connectivity index (χ0v) is 16.7. The number of methoxy groups -OCH3 is 1. The van der Waals surface area contributed by atoms with Gasteiger partial charge >= 0.3 is 0 Å². The van der Waals surface area contributed by atoms with Crippen LogP contribution in [-0.4, -0.2) is 65.9 Å². The molecular weight excluding hydrogens is 358 g/mol. The van der Waals surface area contributed by atoms with Crippen molar-refractivity contribution in [2.24, 2.45) is 0 Å². The number of benzene rings is 1. The first-order chi connectivity index (χ1) is 13.6. The molecule has 2 aliphatic rings. The molecule has 7 heteroatoms. The largest absolute Gasteiger partial charge is 0.378 e. The minimum absolute atomic E-state index is 0.0200. The molecule has 2 aliphatic heterocycles. The number of ether oxygens (including phenoxy) is 3. The van der Waals surface area contributed by atoms with Gasteiger partial charge in [-0.1, -0.05) is 6.07 Å². The van der Waals surface area contributed by atoms with E-state index >= 15 is 0 Å². The van der Waals surface area contributed by atoms with Crippen molar-refractivity contribution in [1.82, 2.24) is 14.9 Å². The fourth-order valence-corrected chi connectivity index (χ4v) is 4.40. The fraction of sp³-hybridized carbons (Fsp3) is 0.619. The first-order valence-corrected chi connectivity index (χ1v) is 10.1. The Bertz CT molecular complexity index is 826. The molecule has 1 N–H and O–H groups in total. The lowest BCUT2D eigenvalue weighted by Crippen LogP contribution is -2.57. The summed E-state index contributed by atoms with van der Waals surface area (Å²) in [5.74, 6) is 0.760. The van der Waals surface area contributed by atoms with Gasteiger partial charge in [-0.25, -0.2) is 4.98 Å². The van der Waals surface area contributed by atoms with E-state index in [1.54, 1.807) is 7.11 Å². The van der Waals surface area contributed by atoms with E-state index in [1.807, 2.05) is 24.0 Å². The van der Waals surface area contributed by atoms with Crippen molar-refractivity contribution >= 4 is 16.9 Å². The highest BCUT2D eigenvalue weighted by molar-refractivity contribution is 5.77. The Kier molecular flexibility index (Phi) is 5.66. The smallest absolute Gasteiger partial charge is 0.248 e. The van der Waals surface area contributed by atoms with E-state index in [0.717, 1.165) is 49.1 Å². The second kappa shape index (κ2) is 8.19. The molecule has 4 rings (SSSR count). The number of amides is 1. The summed E-state index contributed by atoms with van der Waals surface area (Å²) in [4.78, 5) is 22.1. The van der Waals surface area contributed by atoms with Crippen molar-refractivity contribution in [2.75, 3.05) is 33.4 Å². The summed E-state index contributed by atoms with van der Waals surface area (Å²) in [6, 6.07) is 6.08. The van der Waals surface area contributed by atoms with Crippen LogP contribution in [-0.2, 0) is 25.6 Å². The number of piperidine rings is 1. The van der Waals surface area contributed by atoms with Gasteiger partial charge < -0.3 is 24.1 Å². The molecule has 0 aliphatic carbocycles. The lowest BCUT2D eigenvalue weighted by Gasteiger charge is -2.48. The van der Waals surface area contributed by atoms with Crippen LogP contribution in [0.1, 0.15) is 37.1 Å². The molecule has 1 amide bonds. The van der Waals surface area contributed by atoms with Gasteiger partial charge in [0.2, 0.25) is 5.91 Å². The number of fused-ring (bicyclic) bond motifs is 1. The van der Waals surface area contributed by atoms with Crippen LogP contribution in [0.25, 0.3) is 11.0 Å². The van der Waals surface area contributed by atoms with Gasteiger partial charge in [0.1, 0.15) is 19.0 Å². The number of H-pyrrole nitrogens is 1. The molecule has 2 fully saturated rings. The molecule has 28 heavy (non-hydrogen) atoms. The van der Waals surface area contributed by atoms with Crippen LogP contribution in [0.2, 0.25) is 0 Å². The number of likely N-dealkylation sites (tertiary alicyclic amines) is 1. The molecule has 0 radical (unpaired) electrons. The number of aryl methyl sites for hydroxylation is 1. The molecule has 2 saturated heterocycles. The van der Waals surface area contributed by atoms with Crippen molar-refractivity contribution in [3.05, 3.63) is 29.6 Å². The predicted octanol–water partition coefficient (Wildman–Crippen LogP) is 2.57. The van der Waals surface area contributed by atoms with Crippen LogP contribution >= 0.6 is 0 Å². The van der Waals surface area contributed by atoms with Gasteiger partial charge in [0.05, 0.1) is 22.7 Å². The quantitative estimate of drug-likeness (QED) is 0.853. The van der Waals surface area contributed by atoms with Crippen LogP contribution in [0.5, 0.6) is 0 Å². The summed E-state index contributed by atoms with van der Waals surface area (Å²) in [5.41, 5.74) is 2.86. The lowest BCUT2D eigenvalue weighted by molar-refractivity contribution is -0.188. The molecule has 0 unspecified atom stereocenters. The highest BCUT2D eigenvalue weighted by atomic mass is 16.5. The van der Waals surface area contributed by atoms with Gasteiger partial charge in [-0.05, 0) is 50.3 Å². The van der Waals surface area contributed by atoms with Crippen molar-refractivity contribution in [1.29, 1.82) is 0 Å². The molecule has 1 atom stereocenters. The second-order valence-corrected chi connectivity index (χ2v) is 7.86. The van der Waals surface area contributed by atoms with Crippen LogP contribution in [0.15, 0.2) is 18.2 Å². The number of aromatic nitrogens is 2. The number of rotatable bonds is 5. The van der Waals surface area contributed by atoms with Crippen LogP contribution in [0, 0.1) is 6.92 Å². The van der Waals surface area contributed by atoms with Crippen LogP contribution in [0.4, 0.5) is 0 Å². The number of carbonyl (C=O) groups excluding carboxylic acids is 1. The maximum absolute atomic E-state index is 12.5. The third-order valence-corrected chi connectivity index (χ3v) is 5.98. The van der Waals surface area contributed by atoms with E-state index in [-0.39, 0.29) is 24.2 Å². The Morgan fingerprint density at radius 1 is 1.39 bits per heavy atom. The summed E-state index contributed by atoms with van der Waals surface area (Å²) in [5, 5.41) is 0. The van der Waals surface area contributed by atoms with Gasteiger partial charge in [-0.15, -0.1) is 0 Å². The van der Waals surface area contributed by atoms with Gasteiger partial charge in [0.15, 0.2) is 0 Å². The van der Waals surface area contributed by atoms with Crippen LogP contribution in [0.3, 0.4) is 0 Å². The SMILES string of the molecule is CO[C@H]1CCCOC12CCN(C(=O)COCc1nc3ccc(C)cc3[nH]1)CC2. The minimum atomic E-state index is -0.225. The Labute approximate surface area is 165 Å². The van der Waals surface area contributed by atoms with Gasteiger partial charge in [0, 0.05) is 26.8 Å². The highest BCUT2D eigenvalue weighted by Crippen LogP contribution is 2.36. The summed E-state index contributed by atoms with van der Waals surface area (Å²) < 4.78 is 17.4. The van der Waals surface area contributed by atoms with E-state index in [2.05, 4.69) is 16.0 Å². The molecular formula is C21H29N3O4. The average molecular weight is 387 g/mol.